The van der Waals surface area contributed by atoms with Crippen LogP contribution in [-0.4, -0.2) is 30.9 Å². The Labute approximate surface area is 132 Å². The molecule has 3 heteroatoms. The monoisotopic (exact) mass is 298 g/mol. The Morgan fingerprint density at radius 3 is 2.59 bits per heavy atom. The van der Waals surface area contributed by atoms with Crippen molar-refractivity contribution in [2.24, 2.45) is 0 Å². The number of nitrogens with one attached hydrogen (secondary N) is 1. The molecule has 0 saturated heterocycles. The molecule has 1 aliphatic rings. The lowest BCUT2D eigenvalue weighted by molar-refractivity contribution is -0.918. The summed E-state index contributed by atoms with van der Waals surface area (Å²) in [6.45, 7) is 5.22. The molecule has 22 heavy (non-hydrogen) atoms. The van der Waals surface area contributed by atoms with E-state index in [0.29, 0.717) is 6.61 Å². The number of aryl methyl sites for hydroxylation is 1. The van der Waals surface area contributed by atoms with Gasteiger partial charge in [0.05, 0.1) is 6.54 Å². The van der Waals surface area contributed by atoms with Gasteiger partial charge in [0.15, 0.2) is 0 Å². The first-order valence-electron chi connectivity index (χ1n) is 7.98. The largest absolute Gasteiger partial charge is 0.491 e. The topological polar surface area (TPSA) is 33.9 Å². The maximum absolute atomic E-state index is 10.2. The van der Waals surface area contributed by atoms with E-state index in [1.54, 1.807) is 0 Å². The van der Waals surface area contributed by atoms with Crippen LogP contribution in [0.2, 0.25) is 0 Å². The zero-order valence-corrected chi connectivity index (χ0v) is 13.1. The standard InChI is InChI=1S/C19H23NO2/c1-15-6-8-19(9-7-15)22-14-18(21)13-20-11-10-16-4-2-3-5-17(16)12-20/h2-9,18,21H,10-14H2,1H3/p+1/t18-/m0/s1. The summed E-state index contributed by atoms with van der Waals surface area (Å²) >= 11 is 0. The molecule has 1 unspecified atom stereocenters. The van der Waals surface area contributed by atoms with Crippen molar-refractivity contribution in [1.82, 2.24) is 0 Å². The summed E-state index contributed by atoms with van der Waals surface area (Å²) in [4.78, 5) is 1.43. The number of benzene rings is 2. The fraction of sp³-hybridized carbons (Fsp3) is 0.368. The first kappa shape index (κ1) is 15.1. The molecule has 0 radical (unpaired) electrons. The number of fused-ring (bicyclic) bond motifs is 1. The minimum absolute atomic E-state index is 0.355. The van der Waals surface area contributed by atoms with Gasteiger partial charge in [0, 0.05) is 12.0 Å². The van der Waals surface area contributed by atoms with Crippen LogP contribution in [0.3, 0.4) is 0 Å². The first-order valence-corrected chi connectivity index (χ1v) is 7.98. The third kappa shape index (κ3) is 3.87. The molecule has 3 rings (SSSR count). The van der Waals surface area contributed by atoms with E-state index in [9.17, 15) is 5.11 Å². The maximum Gasteiger partial charge on any atom is 0.137 e. The van der Waals surface area contributed by atoms with Gasteiger partial charge >= 0.3 is 0 Å². The van der Waals surface area contributed by atoms with Crippen LogP contribution in [-0.2, 0) is 13.0 Å². The van der Waals surface area contributed by atoms with Crippen molar-refractivity contribution in [3.63, 3.8) is 0 Å². The lowest BCUT2D eigenvalue weighted by atomic mass is 10.00. The molecule has 2 N–H and O–H groups in total. The molecule has 116 valence electrons. The predicted molar refractivity (Wildman–Crippen MR) is 87.2 cm³/mol. The van der Waals surface area contributed by atoms with Gasteiger partial charge in [-0.15, -0.1) is 0 Å². The van der Waals surface area contributed by atoms with Crippen LogP contribution < -0.4 is 9.64 Å². The smallest absolute Gasteiger partial charge is 0.137 e. The van der Waals surface area contributed by atoms with Gasteiger partial charge in [-0.2, -0.15) is 0 Å². The Balaban J connectivity index is 1.48. The normalized spacial score (nSPS) is 18.5. The molecule has 0 amide bonds. The van der Waals surface area contributed by atoms with Crippen molar-refractivity contribution >= 4 is 0 Å². The molecule has 0 bridgehead atoms. The Bertz CT molecular complexity index is 609. The first-order chi connectivity index (χ1) is 10.7. The number of aliphatic hydroxyl groups excluding tert-OH is 1. The van der Waals surface area contributed by atoms with Gasteiger partial charge in [-0.25, -0.2) is 0 Å². The fourth-order valence-corrected chi connectivity index (χ4v) is 3.04. The molecule has 2 aromatic carbocycles. The second kappa shape index (κ2) is 6.95. The molecule has 0 saturated carbocycles. The molecule has 1 heterocycles. The molecule has 1 aliphatic heterocycles. The second-order valence-electron chi connectivity index (χ2n) is 6.18. The summed E-state index contributed by atoms with van der Waals surface area (Å²) in [7, 11) is 0. The van der Waals surface area contributed by atoms with Crippen LogP contribution in [0.5, 0.6) is 5.75 Å². The average Bonchev–Trinajstić information content (AvgIpc) is 2.54. The predicted octanol–water partition coefficient (Wildman–Crippen LogP) is 1.38. The highest BCUT2D eigenvalue weighted by Crippen LogP contribution is 2.12. The van der Waals surface area contributed by atoms with E-state index in [-0.39, 0.29) is 0 Å². The zero-order chi connectivity index (χ0) is 15.4. The highest BCUT2D eigenvalue weighted by molar-refractivity contribution is 5.27. The summed E-state index contributed by atoms with van der Waals surface area (Å²) in [5, 5.41) is 10.2. The molecule has 3 nitrogen and oxygen atoms in total. The van der Waals surface area contributed by atoms with Crippen molar-refractivity contribution in [1.29, 1.82) is 0 Å². The second-order valence-corrected chi connectivity index (χ2v) is 6.18. The molecule has 2 atom stereocenters. The Morgan fingerprint density at radius 2 is 1.82 bits per heavy atom. The minimum atomic E-state index is -0.429. The van der Waals surface area contributed by atoms with Crippen LogP contribution in [0.1, 0.15) is 16.7 Å². The SMILES string of the molecule is Cc1ccc(OC[C@@H](O)C[NH+]2CCc3ccccc3C2)cc1. The van der Waals surface area contributed by atoms with Crippen LogP contribution in [0, 0.1) is 6.92 Å². The number of rotatable bonds is 5. The fourth-order valence-electron chi connectivity index (χ4n) is 3.04. The molecule has 0 spiro atoms. The number of quaternary nitrogens is 1. The third-order valence-corrected chi connectivity index (χ3v) is 4.29. The third-order valence-electron chi connectivity index (χ3n) is 4.29. The summed E-state index contributed by atoms with van der Waals surface area (Å²) in [6.07, 6.45) is 0.665. The zero-order valence-electron chi connectivity index (χ0n) is 13.1. The van der Waals surface area contributed by atoms with Crippen LogP contribution in [0.25, 0.3) is 0 Å². The Hall–Kier alpha value is -1.84. The lowest BCUT2D eigenvalue weighted by Gasteiger charge is -2.27. The van der Waals surface area contributed by atoms with Gasteiger partial charge < -0.3 is 14.7 Å². The van der Waals surface area contributed by atoms with Crippen LogP contribution in [0.15, 0.2) is 48.5 Å². The van der Waals surface area contributed by atoms with Crippen molar-refractivity contribution in [2.75, 3.05) is 19.7 Å². The highest BCUT2D eigenvalue weighted by Gasteiger charge is 2.21. The Kier molecular flexibility index (Phi) is 4.76. The van der Waals surface area contributed by atoms with Crippen LogP contribution >= 0.6 is 0 Å². The number of hydrogen-bond acceptors (Lipinski definition) is 2. The van der Waals surface area contributed by atoms with Crippen molar-refractivity contribution in [3.8, 4) is 5.75 Å². The number of aliphatic hydroxyl groups is 1. The van der Waals surface area contributed by atoms with E-state index in [1.807, 2.05) is 24.3 Å². The quantitative estimate of drug-likeness (QED) is 0.874. The highest BCUT2D eigenvalue weighted by atomic mass is 16.5. The summed E-state index contributed by atoms with van der Waals surface area (Å²) < 4.78 is 5.67. The molecule has 0 fully saturated rings. The van der Waals surface area contributed by atoms with Gasteiger partial charge in [0.2, 0.25) is 0 Å². The van der Waals surface area contributed by atoms with Gasteiger partial charge in [0.1, 0.15) is 31.5 Å². The van der Waals surface area contributed by atoms with E-state index in [4.69, 9.17) is 4.74 Å². The summed E-state index contributed by atoms with van der Waals surface area (Å²) in [6, 6.07) is 16.6. The molecule has 0 aliphatic carbocycles. The summed E-state index contributed by atoms with van der Waals surface area (Å²) in [5.74, 6) is 0.823. The molecule has 0 aromatic heterocycles. The van der Waals surface area contributed by atoms with E-state index < -0.39 is 6.10 Å². The van der Waals surface area contributed by atoms with E-state index in [1.165, 1.54) is 21.6 Å². The number of hydrogen-bond donors (Lipinski definition) is 2. The summed E-state index contributed by atoms with van der Waals surface area (Å²) in [5.41, 5.74) is 4.08. The van der Waals surface area contributed by atoms with Gasteiger partial charge in [-0.1, -0.05) is 42.0 Å². The van der Waals surface area contributed by atoms with E-state index in [2.05, 4.69) is 31.2 Å². The van der Waals surface area contributed by atoms with Crippen LogP contribution in [0.4, 0.5) is 0 Å². The molecular formula is C19H24NO2+. The lowest BCUT2D eigenvalue weighted by Crippen LogP contribution is -3.13. The van der Waals surface area contributed by atoms with Gasteiger partial charge in [-0.05, 0) is 24.6 Å². The van der Waals surface area contributed by atoms with E-state index in [0.717, 1.165) is 31.8 Å². The average molecular weight is 298 g/mol. The van der Waals surface area contributed by atoms with Crippen molar-refractivity contribution in [3.05, 3.63) is 65.2 Å². The van der Waals surface area contributed by atoms with Gasteiger partial charge in [0.25, 0.3) is 0 Å². The van der Waals surface area contributed by atoms with Crippen molar-refractivity contribution in [2.45, 2.75) is 26.0 Å². The molecule has 2 aromatic rings. The maximum atomic E-state index is 10.2. The van der Waals surface area contributed by atoms with E-state index >= 15 is 0 Å². The Morgan fingerprint density at radius 1 is 1.09 bits per heavy atom. The minimum Gasteiger partial charge on any atom is -0.491 e. The van der Waals surface area contributed by atoms with Gasteiger partial charge in [-0.3, -0.25) is 0 Å². The molecular weight excluding hydrogens is 274 g/mol. The number of ether oxygens (including phenoxy) is 1. The van der Waals surface area contributed by atoms with Crippen molar-refractivity contribution < 1.29 is 14.7 Å².